The van der Waals surface area contributed by atoms with E-state index >= 15 is 0 Å². The van der Waals surface area contributed by atoms with Gasteiger partial charge in [0.2, 0.25) is 0 Å². The molecule has 15 heavy (non-hydrogen) atoms. The minimum Gasteiger partial charge on any atom is -0.383 e. The van der Waals surface area contributed by atoms with Crippen LogP contribution in [-0.4, -0.2) is 39.0 Å². The van der Waals surface area contributed by atoms with E-state index in [0.29, 0.717) is 12.1 Å². The topological polar surface area (TPSA) is 30.5 Å². The maximum Gasteiger partial charge on any atom is 0.0615 e. The van der Waals surface area contributed by atoms with E-state index in [1.54, 1.807) is 7.11 Å². The molecule has 1 saturated heterocycles. The van der Waals surface area contributed by atoms with Gasteiger partial charge in [-0.05, 0) is 38.6 Å². The molecule has 3 heteroatoms. The highest BCUT2D eigenvalue weighted by Gasteiger charge is 2.16. The minimum atomic E-state index is 0.491. The summed E-state index contributed by atoms with van der Waals surface area (Å²) in [6.07, 6.45) is 6.64. The van der Waals surface area contributed by atoms with Crippen LogP contribution >= 0.6 is 0 Å². The Morgan fingerprint density at radius 3 is 2.93 bits per heavy atom. The average Bonchev–Trinajstić information content (AvgIpc) is 2.28. The lowest BCUT2D eigenvalue weighted by Crippen LogP contribution is -2.34. The predicted molar refractivity (Wildman–Crippen MR) is 62.2 cm³/mol. The van der Waals surface area contributed by atoms with Gasteiger partial charge < -0.3 is 14.8 Å². The molecule has 1 heterocycles. The lowest BCUT2D eigenvalue weighted by atomic mass is 10.0. The second-order valence-corrected chi connectivity index (χ2v) is 4.28. The Balaban J connectivity index is 2.13. The second kappa shape index (κ2) is 8.08. The molecule has 3 nitrogen and oxygen atoms in total. The van der Waals surface area contributed by atoms with E-state index in [9.17, 15) is 0 Å². The highest BCUT2D eigenvalue weighted by molar-refractivity contribution is 4.70. The van der Waals surface area contributed by atoms with Crippen LogP contribution in [0, 0.1) is 0 Å². The maximum absolute atomic E-state index is 5.72. The van der Waals surface area contributed by atoms with Crippen molar-refractivity contribution in [3.8, 4) is 0 Å². The highest BCUT2D eigenvalue weighted by atomic mass is 16.5. The normalized spacial score (nSPS) is 24.0. The molecule has 1 N–H and O–H groups in total. The van der Waals surface area contributed by atoms with Gasteiger partial charge in [0.1, 0.15) is 0 Å². The van der Waals surface area contributed by atoms with Gasteiger partial charge in [0, 0.05) is 19.8 Å². The summed E-state index contributed by atoms with van der Waals surface area (Å²) in [5, 5.41) is 3.44. The van der Waals surface area contributed by atoms with Crippen LogP contribution in [0.4, 0.5) is 0 Å². The van der Waals surface area contributed by atoms with Crippen molar-refractivity contribution in [3.63, 3.8) is 0 Å². The van der Waals surface area contributed by atoms with E-state index < -0.39 is 0 Å². The minimum absolute atomic E-state index is 0.491. The first-order valence-electron chi connectivity index (χ1n) is 6.20. The summed E-state index contributed by atoms with van der Waals surface area (Å²) < 4.78 is 10.9. The second-order valence-electron chi connectivity index (χ2n) is 4.28. The zero-order chi connectivity index (χ0) is 10.9. The van der Waals surface area contributed by atoms with E-state index in [4.69, 9.17) is 9.47 Å². The van der Waals surface area contributed by atoms with Crippen LogP contribution in [-0.2, 0) is 9.47 Å². The zero-order valence-corrected chi connectivity index (χ0v) is 10.1. The van der Waals surface area contributed by atoms with Crippen LogP contribution in [0.25, 0.3) is 0 Å². The van der Waals surface area contributed by atoms with Crippen molar-refractivity contribution >= 4 is 0 Å². The van der Waals surface area contributed by atoms with E-state index in [1.807, 2.05) is 0 Å². The van der Waals surface area contributed by atoms with Crippen molar-refractivity contribution in [2.75, 3.05) is 26.9 Å². The molecule has 0 saturated carbocycles. The molecule has 0 radical (unpaired) electrons. The van der Waals surface area contributed by atoms with Crippen LogP contribution in [0.3, 0.4) is 0 Å². The van der Waals surface area contributed by atoms with Crippen molar-refractivity contribution in [2.45, 2.75) is 51.2 Å². The average molecular weight is 215 g/mol. The van der Waals surface area contributed by atoms with Gasteiger partial charge in [-0.3, -0.25) is 0 Å². The number of likely N-dealkylation sites (N-methyl/N-ethyl adjacent to an activating group) is 1. The SMILES string of the molecule is CCNC(CCC1CCCCO1)COC. The summed E-state index contributed by atoms with van der Waals surface area (Å²) in [6.45, 7) is 4.92. The molecular weight excluding hydrogens is 190 g/mol. The molecule has 90 valence electrons. The largest absolute Gasteiger partial charge is 0.383 e. The fourth-order valence-electron chi connectivity index (χ4n) is 2.16. The first kappa shape index (κ1) is 12.9. The summed E-state index contributed by atoms with van der Waals surface area (Å²) >= 11 is 0. The van der Waals surface area contributed by atoms with Crippen LogP contribution in [0.5, 0.6) is 0 Å². The molecule has 0 bridgehead atoms. The fraction of sp³-hybridized carbons (Fsp3) is 1.00. The number of rotatable bonds is 7. The Morgan fingerprint density at radius 1 is 1.47 bits per heavy atom. The summed E-state index contributed by atoms with van der Waals surface area (Å²) in [6, 6.07) is 0.491. The first-order chi connectivity index (χ1) is 7.36. The summed E-state index contributed by atoms with van der Waals surface area (Å²) in [5.74, 6) is 0. The molecule has 2 atom stereocenters. The van der Waals surface area contributed by atoms with Crippen LogP contribution in [0.1, 0.15) is 39.0 Å². The third-order valence-electron chi connectivity index (χ3n) is 2.97. The zero-order valence-electron chi connectivity index (χ0n) is 10.1. The maximum atomic E-state index is 5.72. The van der Waals surface area contributed by atoms with E-state index in [1.165, 1.54) is 25.7 Å². The van der Waals surface area contributed by atoms with E-state index in [0.717, 1.165) is 26.2 Å². The standard InChI is InChI=1S/C12H25NO2/c1-3-13-11(10-14-2)7-8-12-6-4-5-9-15-12/h11-13H,3-10H2,1-2H3. The molecule has 0 spiro atoms. The molecule has 0 aliphatic carbocycles. The third kappa shape index (κ3) is 5.50. The number of nitrogens with one attached hydrogen (secondary N) is 1. The van der Waals surface area contributed by atoms with Crippen molar-refractivity contribution in [1.82, 2.24) is 5.32 Å². The molecule has 1 fully saturated rings. The van der Waals surface area contributed by atoms with E-state index in [2.05, 4.69) is 12.2 Å². The Hall–Kier alpha value is -0.120. The molecule has 0 aromatic rings. The summed E-state index contributed by atoms with van der Waals surface area (Å²) in [5.41, 5.74) is 0. The quantitative estimate of drug-likeness (QED) is 0.704. The third-order valence-corrected chi connectivity index (χ3v) is 2.97. The van der Waals surface area contributed by atoms with Crippen molar-refractivity contribution < 1.29 is 9.47 Å². The van der Waals surface area contributed by atoms with Crippen molar-refractivity contribution in [2.24, 2.45) is 0 Å². The van der Waals surface area contributed by atoms with Crippen LogP contribution < -0.4 is 5.32 Å². The Morgan fingerprint density at radius 2 is 2.33 bits per heavy atom. The van der Waals surface area contributed by atoms with Crippen LogP contribution in [0.2, 0.25) is 0 Å². The molecule has 1 aliphatic heterocycles. The predicted octanol–water partition coefficient (Wildman–Crippen LogP) is 1.96. The molecule has 1 aliphatic rings. The van der Waals surface area contributed by atoms with Gasteiger partial charge in [0.15, 0.2) is 0 Å². The first-order valence-corrected chi connectivity index (χ1v) is 6.20. The summed E-state index contributed by atoms with van der Waals surface area (Å²) in [7, 11) is 1.77. The van der Waals surface area contributed by atoms with Gasteiger partial charge in [0.25, 0.3) is 0 Å². The smallest absolute Gasteiger partial charge is 0.0615 e. The Kier molecular flexibility index (Phi) is 6.98. The molecule has 0 aromatic carbocycles. The van der Waals surface area contributed by atoms with Crippen molar-refractivity contribution in [1.29, 1.82) is 0 Å². The number of hydrogen-bond donors (Lipinski definition) is 1. The molecule has 2 unspecified atom stereocenters. The number of methoxy groups -OCH3 is 1. The highest BCUT2D eigenvalue weighted by Crippen LogP contribution is 2.17. The van der Waals surface area contributed by atoms with Gasteiger partial charge in [-0.25, -0.2) is 0 Å². The van der Waals surface area contributed by atoms with Crippen LogP contribution in [0.15, 0.2) is 0 Å². The Bertz CT molecular complexity index is 141. The molecule has 1 rings (SSSR count). The van der Waals surface area contributed by atoms with E-state index in [-0.39, 0.29) is 0 Å². The van der Waals surface area contributed by atoms with Gasteiger partial charge >= 0.3 is 0 Å². The Labute approximate surface area is 93.5 Å². The van der Waals surface area contributed by atoms with Gasteiger partial charge in [-0.1, -0.05) is 6.92 Å². The van der Waals surface area contributed by atoms with Gasteiger partial charge in [-0.2, -0.15) is 0 Å². The monoisotopic (exact) mass is 215 g/mol. The number of ether oxygens (including phenoxy) is 2. The lowest BCUT2D eigenvalue weighted by molar-refractivity contribution is 0.00696. The van der Waals surface area contributed by atoms with Crippen molar-refractivity contribution in [3.05, 3.63) is 0 Å². The molecule has 0 aromatic heterocycles. The fourth-order valence-corrected chi connectivity index (χ4v) is 2.16. The summed E-state index contributed by atoms with van der Waals surface area (Å²) in [4.78, 5) is 0. The molecular formula is C12H25NO2. The van der Waals surface area contributed by atoms with Gasteiger partial charge in [-0.15, -0.1) is 0 Å². The molecule has 0 amide bonds. The van der Waals surface area contributed by atoms with Gasteiger partial charge in [0.05, 0.1) is 12.7 Å². The number of hydrogen-bond acceptors (Lipinski definition) is 3. The lowest BCUT2D eigenvalue weighted by Gasteiger charge is -2.25.